The van der Waals surface area contributed by atoms with Crippen LogP contribution < -0.4 is 5.32 Å². The lowest BCUT2D eigenvalue weighted by molar-refractivity contribution is 0.0773. The van der Waals surface area contributed by atoms with E-state index in [0.717, 1.165) is 0 Å². The molecular formula is C19H21N5O2. The lowest BCUT2D eigenvalue weighted by atomic mass is 10.1. The molecular weight excluding hydrogens is 330 g/mol. The van der Waals surface area contributed by atoms with Gasteiger partial charge in [-0.3, -0.25) is 9.59 Å². The van der Waals surface area contributed by atoms with Crippen LogP contribution in [0.25, 0.3) is 5.65 Å². The zero-order valence-corrected chi connectivity index (χ0v) is 15.1. The van der Waals surface area contributed by atoms with Gasteiger partial charge in [0, 0.05) is 36.6 Å². The highest BCUT2D eigenvalue weighted by molar-refractivity contribution is 6.05. The summed E-state index contributed by atoms with van der Waals surface area (Å²) in [4.78, 5) is 31.0. The normalized spacial score (nSPS) is 10.7. The van der Waals surface area contributed by atoms with Gasteiger partial charge in [-0.15, -0.1) is 0 Å². The number of nitrogens with one attached hydrogen (secondary N) is 1. The summed E-state index contributed by atoms with van der Waals surface area (Å²) in [6.07, 6.45) is 3.29. The van der Waals surface area contributed by atoms with E-state index in [-0.39, 0.29) is 11.8 Å². The van der Waals surface area contributed by atoms with Gasteiger partial charge in [0.15, 0.2) is 5.65 Å². The summed E-state index contributed by atoms with van der Waals surface area (Å²) in [6, 6.07) is 8.67. The third-order valence-corrected chi connectivity index (χ3v) is 4.26. The molecule has 7 nitrogen and oxygen atoms in total. The molecule has 0 atom stereocenters. The van der Waals surface area contributed by atoms with Crippen molar-refractivity contribution in [2.24, 2.45) is 0 Å². The Morgan fingerprint density at radius 1 is 1.12 bits per heavy atom. The van der Waals surface area contributed by atoms with Gasteiger partial charge < -0.3 is 10.2 Å². The SMILES string of the molecule is CCN(CC)C(=O)c1ccc(NC(=O)c2cn3nccc3nc2C)cc1. The van der Waals surface area contributed by atoms with Crippen molar-refractivity contribution in [1.29, 1.82) is 0 Å². The lowest BCUT2D eigenvalue weighted by Crippen LogP contribution is -2.30. The summed E-state index contributed by atoms with van der Waals surface area (Å²) in [5.41, 5.74) is 2.99. The van der Waals surface area contributed by atoms with Gasteiger partial charge in [-0.1, -0.05) is 0 Å². The van der Waals surface area contributed by atoms with Crippen molar-refractivity contribution in [2.75, 3.05) is 18.4 Å². The van der Waals surface area contributed by atoms with Crippen LogP contribution >= 0.6 is 0 Å². The first-order valence-corrected chi connectivity index (χ1v) is 8.55. The van der Waals surface area contributed by atoms with Gasteiger partial charge in [0.25, 0.3) is 11.8 Å². The maximum absolute atomic E-state index is 12.6. The Morgan fingerprint density at radius 2 is 1.81 bits per heavy atom. The summed E-state index contributed by atoms with van der Waals surface area (Å²) in [5, 5.41) is 6.94. The van der Waals surface area contributed by atoms with Gasteiger partial charge in [0.1, 0.15) is 0 Å². The van der Waals surface area contributed by atoms with Crippen molar-refractivity contribution in [3.8, 4) is 0 Å². The van der Waals surface area contributed by atoms with E-state index in [9.17, 15) is 9.59 Å². The molecule has 0 saturated carbocycles. The van der Waals surface area contributed by atoms with Crippen LogP contribution in [-0.4, -0.2) is 44.4 Å². The van der Waals surface area contributed by atoms with Gasteiger partial charge in [0.2, 0.25) is 0 Å². The Kier molecular flexibility index (Phi) is 4.97. The van der Waals surface area contributed by atoms with Crippen LogP contribution in [0.1, 0.15) is 40.3 Å². The van der Waals surface area contributed by atoms with Crippen LogP contribution in [0, 0.1) is 6.92 Å². The highest BCUT2D eigenvalue weighted by Gasteiger charge is 2.14. The highest BCUT2D eigenvalue weighted by Crippen LogP contribution is 2.15. The fourth-order valence-corrected chi connectivity index (χ4v) is 2.75. The Hall–Kier alpha value is -3.22. The Bertz CT molecular complexity index is 942. The molecule has 0 aliphatic heterocycles. The Morgan fingerprint density at radius 3 is 2.46 bits per heavy atom. The van der Waals surface area contributed by atoms with Crippen LogP contribution in [0.5, 0.6) is 0 Å². The predicted octanol–water partition coefficient (Wildman–Crippen LogP) is 2.77. The number of anilines is 1. The van der Waals surface area contributed by atoms with E-state index in [1.165, 1.54) is 0 Å². The number of aryl methyl sites for hydroxylation is 1. The quantitative estimate of drug-likeness (QED) is 0.766. The van der Waals surface area contributed by atoms with Crippen LogP contribution in [0.4, 0.5) is 5.69 Å². The van der Waals surface area contributed by atoms with Crippen molar-refractivity contribution < 1.29 is 9.59 Å². The topological polar surface area (TPSA) is 79.6 Å². The number of nitrogens with zero attached hydrogens (tertiary/aromatic N) is 4. The number of amides is 2. The van der Waals surface area contributed by atoms with Crippen LogP contribution in [-0.2, 0) is 0 Å². The summed E-state index contributed by atoms with van der Waals surface area (Å²) in [7, 11) is 0. The third kappa shape index (κ3) is 3.42. The first-order chi connectivity index (χ1) is 12.5. The monoisotopic (exact) mass is 351 g/mol. The van der Waals surface area contributed by atoms with E-state index in [0.29, 0.717) is 41.2 Å². The van der Waals surface area contributed by atoms with E-state index < -0.39 is 0 Å². The molecule has 0 saturated heterocycles. The van der Waals surface area contributed by atoms with E-state index in [2.05, 4.69) is 15.4 Å². The molecule has 1 aromatic carbocycles. The van der Waals surface area contributed by atoms with Crippen molar-refractivity contribution >= 4 is 23.1 Å². The van der Waals surface area contributed by atoms with Gasteiger partial charge in [0.05, 0.1) is 17.5 Å². The fraction of sp³-hybridized carbons (Fsp3) is 0.263. The molecule has 1 N–H and O–H groups in total. The summed E-state index contributed by atoms with van der Waals surface area (Å²) in [5.74, 6) is -0.285. The average Bonchev–Trinajstić information content (AvgIpc) is 3.09. The molecule has 134 valence electrons. The summed E-state index contributed by atoms with van der Waals surface area (Å²) >= 11 is 0. The number of carbonyl (C=O) groups is 2. The zero-order valence-electron chi connectivity index (χ0n) is 15.1. The molecule has 0 fully saturated rings. The zero-order chi connectivity index (χ0) is 18.7. The maximum Gasteiger partial charge on any atom is 0.259 e. The number of carbonyl (C=O) groups excluding carboxylic acids is 2. The first-order valence-electron chi connectivity index (χ1n) is 8.55. The summed E-state index contributed by atoms with van der Waals surface area (Å²) in [6.45, 7) is 7.01. The van der Waals surface area contributed by atoms with Crippen LogP contribution in [0.3, 0.4) is 0 Å². The number of benzene rings is 1. The molecule has 2 heterocycles. The number of hydrogen-bond donors (Lipinski definition) is 1. The second-order valence-corrected chi connectivity index (χ2v) is 5.88. The van der Waals surface area contributed by atoms with Crippen molar-refractivity contribution in [1.82, 2.24) is 19.5 Å². The van der Waals surface area contributed by atoms with Gasteiger partial charge in [-0.2, -0.15) is 5.10 Å². The average molecular weight is 351 g/mol. The minimum absolute atomic E-state index is 0.0166. The molecule has 0 radical (unpaired) electrons. The number of aromatic nitrogens is 3. The number of fused-ring (bicyclic) bond motifs is 1. The Labute approximate surface area is 151 Å². The van der Waals surface area contributed by atoms with Gasteiger partial charge in [-0.05, 0) is 45.0 Å². The van der Waals surface area contributed by atoms with Crippen molar-refractivity contribution in [3.63, 3.8) is 0 Å². The molecule has 0 aliphatic carbocycles. The maximum atomic E-state index is 12.6. The lowest BCUT2D eigenvalue weighted by Gasteiger charge is -2.18. The number of rotatable bonds is 5. The van der Waals surface area contributed by atoms with Crippen LogP contribution in [0.15, 0.2) is 42.7 Å². The highest BCUT2D eigenvalue weighted by atomic mass is 16.2. The van der Waals surface area contributed by atoms with E-state index in [1.807, 2.05) is 13.8 Å². The smallest absolute Gasteiger partial charge is 0.259 e. The molecule has 26 heavy (non-hydrogen) atoms. The standard InChI is InChI=1S/C19H21N5O2/c1-4-23(5-2)19(26)14-6-8-15(9-7-14)22-18(25)16-12-24-17(10-11-20-24)21-13(16)3/h6-12H,4-5H2,1-3H3,(H,22,25). The van der Waals surface area contributed by atoms with Crippen molar-refractivity contribution in [3.05, 3.63) is 59.5 Å². The largest absolute Gasteiger partial charge is 0.339 e. The molecule has 0 bridgehead atoms. The minimum atomic E-state index is -0.268. The molecule has 0 spiro atoms. The van der Waals surface area contributed by atoms with E-state index in [1.54, 1.807) is 59.1 Å². The molecule has 3 aromatic rings. The van der Waals surface area contributed by atoms with Gasteiger partial charge in [-0.25, -0.2) is 9.50 Å². The minimum Gasteiger partial charge on any atom is -0.339 e. The predicted molar refractivity (Wildman–Crippen MR) is 99.4 cm³/mol. The molecule has 2 amide bonds. The van der Waals surface area contributed by atoms with E-state index >= 15 is 0 Å². The van der Waals surface area contributed by atoms with E-state index in [4.69, 9.17) is 0 Å². The fourth-order valence-electron chi connectivity index (χ4n) is 2.75. The summed E-state index contributed by atoms with van der Waals surface area (Å²) < 4.78 is 1.56. The number of hydrogen-bond acceptors (Lipinski definition) is 4. The molecule has 0 unspecified atom stereocenters. The molecule has 0 aliphatic rings. The second-order valence-electron chi connectivity index (χ2n) is 5.88. The third-order valence-electron chi connectivity index (χ3n) is 4.26. The first kappa shape index (κ1) is 17.6. The Balaban J connectivity index is 1.76. The molecule has 7 heteroatoms. The van der Waals surface area contributed by atoms with Gasteiger partial charge >= 0.3 is 0 Å². The molecule has 2 aromatic heterocycles. The molecule has 3 rings (SSSR count). The second kappa shape index (κ2) is 7.35. The van der Waals surface area contributed by atoms with Crippen molar-refractivity contribution in [2.45, 2.75) is 20.8 Å². The van der Waals surface area contributed by atoms with Crippen LogP contribution in [0.2, 0.25) is 0 Å².